The Labute approximate surface area is 182 Å². The van der Waals surface area contributed by atoms with Gasteiger partial charge in [0.1, 0.15) is 17.6 Å². The summed E-state index contributed by atoms with van der Waals surface area (Å²) in [5.41, 5.74) is 1.94. The monoisotopic (exact) mass is 433 g/mol. The van der Waals surface area contributed by atoms with Crippen LogP contribution >= 0.6 is 11.8 Å². The number of benzene rings is 3. The summed E-state index contributed by atoms with van der Waals surface area (Å²) < 4.78 is 5.93. The Balaban J connectivity index is 1.34. The highest BCUT2D eigenvalue weighted by atomic mass is 32.2. The number of amides is 1. The lowest BCUT2D eigenvalue weighted by atomic mass is 10.1. The SMILES string of the molecule is O=C(O)CC1SC(=NN=Cc2ccc(OCc3cccc4ccccc34)cc2)NC1=O. The van der Waals surface area contributed by atoms with E-state index in [2.05, 4.69) is 39.8 Å². The van der Waals surface area contributed by atoms with Gasteiger partial charge in [-0.15, -0.1) is 5.10 Å². The van der Waals surface area contributed by atoms with E-state index in [-0.39, 0.29) is 12.3 Å². The molecule has 1 amide bonds. The summed E-state index contributed by atoms with van der Waals surface area (Å²) in [4.78, 5) is 22.4. The zero-order chi connectivity index (χ0) is 21.6. The third-order valence-corrected chi connectivity index (χ3v) is 5.72. The van der Waals surface area contributed by atoms with Crippen molar-refractivity contribution < 1.29 is 19.4 Å². The van der Waals surface area contributed by atoms with Gasteiger partial charge >= 0.3 is 5.97 Å². The van der Waals surface area contributed by atoms with Crippen LogP contribution in [-0.2, 0) is 16.2 Å². The third kappa shape index (κ3) is 5.29. The van der Waals surface area contributed by atoms with Crippen molar-refractivity contribution in [3.63, 3.8) is 0 Å². The van der Waals surface area contributed by atoms with Crippen molar-refractivity contribution in [3.05, 3.63) is 77.9 Å². The second-order valence-electron chi connectivity index (χ2n) is 6.84. The molecule has 0 radical (unpaired) electrons. The summed E-state index contributed by atoms with van der Waals surface area (Å²) in [6.07, 6.45) is 1.30. The van der Waals surface area contributed by atoms with Gasteiger partial charge in [-0.05, 0) is 46.2 Å². The molecule has 0 saturated carbocycles. The van der Waals surface area contributed by atoms with E-state index < -0.39 is 11.2 Å². The van der Waals surface area contributed by atoms with E-state index in [0.29, 0.717) is 11.8 Å². The predicted octanol–water partition coefficient (Wildman–Crippen LogP) is 3.82. The maximum Gasteiger partial charge on any atom is 0.305 e. The molecule has 1 saturated heterocycles. The summed E-state index contributed by atoms with van der Waals surface area (Å²) in [5, 5.41) is 21.2. The molecule has 0 aliphatic carbocycles. The van der Waals surface area contributed by atoms with Gasteiger partial charge in [-0.3, -0.25) is 9.59 Å². The summed E-state index contributed by atoms with van der Waals surface area (Å²) in [6.45, 7) is 0.469. The van der Waals surface area contributed by atoms with Crippen LogP contribution in [0.25, 0.3) is 10.8 Å². The Bertz CT molecular complexity index is 1170. The first-order valence-corrected chi connectivity index (χ1v) is 10.5. The summed E-state index contributed by atoms with van der Waals surface area (Å²) in [5.74, 6) is -0.652. The van der Waals surface area contributed by atoms with Gasteiger partial charge in [0.2, 0.25) is 5.91 Å². The van der Waals surface area contributed by atoms with E-state index in [4.69, 9.17) is 9.84 Å². The molecule has 156 valence electrons. The molecule has 8 heteroatoms. The lowest BCUT2D eigenvalue weighted by Crippen LogP contribution is -2.26. The Kier molecular flexibility index (Phi) is 6.28. The molecule has 3 aromatic carbocycles. The van der Waals surface area contributed by atoms with E-state index in [0.717, 1.165) is 28.6 Å². The number of hydrogen-bond donors (Lipinski definition) is 2. The first-order valence-electron chi connectivity index (χ1n) is 9.58. The van der Waals surface area contributed by atoms with Crippen molar-refractivity contribution >= 4 is 45.8 Å². The number of thioether (sulfide) groups is 1. The molecule has 1 heterocycles. The molecule has 7 nitrogen and oxygen atoms in total. The maximum atomic E-state index is 11.7. The molecular weight excluding hydrogens is 414 g/mol. The molecule has 31 heavy (non-hydrogen) atoms. The highest BCUT2D eigenvalue weighted by Gasteiger charge is 2.32. The molecule has 1 atom stereocenters. The standard InChI is InChI=1S/C23H19N3O4S/c27-21(28)12-20-22(29)25-23(31-20)26-24-13-15-8-10-18(11-9-15)30-14-17-6-3-5-16-4-1-2-7-19(16)17/h1-11,13,20H,12,14H2,(H,27,28)(H,25,26,29). The number of carboxylic acids is 1. The highest BCUT2D eigenvalue weighted by molar-refractivity contribution is 8.15. The number of carboxylic acid groups (broad SMARTS) is 1. The topological polar surface area (TPSA) is 100 Å². The number of ether oxygens (including phenoxy) is 1. The summed E-state index contributed by atoms with van der Waals surface area (Å²) >= 11 is 1.06. The van der Waals surface area contributed by atoms with Crippen LogP contribution in [0.5, 0.6) is 5.75 Å². The van der Waals surface area contributed by atoms with Crippen LogP contribution < -0.4 is 10.1 Å². The van der Waals surface area contributed by atoms with Gasteiger partial charge in [-0.25, -0.2) is 0 Å². The third-order valence-electron chi connectivity index (χ3n) is 4.65. The number of fused-ring (bicyclic) bond motifs is 1. The first-order chi connectivity index (χ1) is 15.1. The van der Waals surface area contributed by atoms with Crippen molar-refractivity contribution in [1.29, 1.82) is 0 Å². The minimum atomic E-state index is -1.03. The van der Waals surface area contributed by atoms with Crippen LogP contribution in [0, 0.1) is 0 Å². The smallest absolute Gasteiger partial charge is 0.305 e. The van der Waals surface area contributed by atoms with Crippen molar-refractivity contribution in [2.75, 3.05) is 0 Å². The fourth-order valence-corrected chi connectivity index (χ4v) is 4.04. The predicted molar refractivity (Wildman–Crippen MR) is 122 cm³/mol. The van der Waals surface area contributed by atoms with Gasteiger partial charge < -0.3 is 15.2 Å². The molecule has 1 aliphatic rings. The van der Waals surface area contributed by atoms with E-state index >= 15 is 0 Å². The average molecular weight is 433 g/mol. The fourth-order valence-electron chi connectivity index (χ4n) is 3.12. The number of nitrogens with one attached hydrogen (secondary N) is 1. The van der Waals surface area contributed by atoms with E-state index in [1.54, 1.807) is 6.21 Å². The Morgan fingerprint density at radius 3 is 2.68 bits per heavy atom. The Morgan fingerprint density at radius 2 is 1.87 bits per heavy atom. The van der Waals surface area contributed by atoms with Crippen LogP contribution in [-0.4, -0.2) is 33.6 Å². The van der Waals surface area contributed by atoms with Gasteiger partial charge in [0, 0.05) is 0 Å². The van der Waals surface area contributed by atoms with Gasteiger partial charge in [0.25, 0.3) is 0 Å². The second kappa shape index (κ2) is 9.44. The van der Waals surface area contributed by atoms with Gasteiger partial charge in [0.05, 0.1) is 12.6 Å². The second-order valence-corrected chi connectivity index (χ2v) is 8.03. The number of carbonyl (C=O) groups is 2. The summed E-state index contributed by atoms with van der Waals surface area (Å²) in [6, 6.07) is 21.8. The molecule has 0 spiro atoms. The lowest BCUT2D eigenvalue weighted by molar-refractivity contribution is -0.138. The van der Waals surface area contributed by atoms with E-state index in [9.17, 15) is 9.59 Å². The minimum Gasteiger partial charge on any atom is -0.489 e. The molecule has 0 bridgehead atoms. The van der Waals surface area contributed by atoms with Crippen molar-refractivity contribution in [2.24, 2.45) is 10.2 Å². The van der Waals surface area contributed by atoms with E-state index in [1.165, 1.54) is 10.8 Å². The Morgan fingerprint density at radius 1 is 1.10 bits per heavy atom. The largest absolute Gasteiger partial charge is 0.489 e. The number of aliphatic carboxylic acids is 1. The number of hydrogen-bond acceptors (Lipinski definition) is 6. The average Bonchev–Trinajstić information content (AvgIpc) is 3.11. The molecule has 2 N–H and O–H groups in total. The van der Waals surface area contributed by atoms with E-state index in [1.807, 2.05) is 42.5 Å². The van der Waals surface area contributed by atoms with Crippen LogP contribution in [0.15, 0.2) is 76.9 Å². The molecule has 4 rings (SSSR count). The normalized spacial score (nSPS) is 17.4. The molecule has 1 unspecified atom stereocenters. The van der Waals surface area contributed by atoms with Gasteiger partial charge in [-0.2, -0.15) is 5.10 Å². The number of amidine groups is 1. The fraction of sp³-hybridized carbons (Fsp3) is 0.130. The zero-order valence-electron chi connectivity index (χ0n) is 16.4. The summed E-state index contributed by atoms with van der Waals surface area (Å²) in [7, 11) is 0. The molecule has 1 aliphatic heterocycles. The maximum absolute atomic E-state index is 11.7. The molecule has 0 aromatic heterocycles. The number of rotatable bonds is 7. The van der Waals surface area contributed by atoms with Crippen LogP contribution in [0.1, 0.15) is 17.5 Å². The van der Waals surface area contributed by atoms with Crippen molar-refractivity contribution in [2.45, 2.75) is 18.3 Å². The molecule has 3 aromatic rings. The quantitative estimate of drug-likeness (QED) is 0.436. The van der Waals surface area contributed by atoms with Crippen molar-refractivity contribution in [3.8, 4) is 5.75 Å². The van der Waals surface area contributed by atoms with Gasteiger partial charge in [0.15, 0.2) is 5.17 Å². The number of carbonyl (C=O) groups excluding carboxylic acids is 1. The highest BCUT2D eigenvalue weighted by Crippen LogP contribution is 2.23. The van der Waals surface area contributed by atoms with Crippen LogP contribution in [0.3, 0.4) is 0 Å². The molecule has 1 fully saturated rings. The van der Waals surface area contributed by atoms with Gasteiger partial charge in [-0.1, -0.05) is 54.2 Å². The minimum absolute atomic E-state index is 0.251. The van der Waals surface area contributed by atoms with Crippen LogP contribution in [0.2, 0.25) is 0 Å². The Hall–Kier alpha value is -3.65. The number of nitrogens with zero attached hydrogens (tertiary/aromatic N) is 2. The van der Waals surface area contributed by atoms with Crippen LogP contribution in [0.4, 0.5) is 0 Å². The van der Waals surface area contributed by atoms with Crippen molar-refractivity contribution in [1.82, 2.24) is 5.32 Å². The lowest BCUT2D eigenvalue weighted by Gasteiger charge is -2.09. The first kappa shape index (κ1) is 20.6. The molecular formula is C23H19N3O4S. The zero-order valence-corrected chi connectivity index (χ0v) is 17.2.